The molecule has 23 heavy (non-hydrogen) atoms. The maximum Gasteiger partial charge on any atom is 0.339 e. The number of para-hydroxylation sites is 1. The molecule has 4 nitrogen and oxygen atoms in total. The van der Waals surface area contributed by atoms with E-state index in [1.54, 1.807) is 6.92 Å². The highest BCUT2D eigenvalue weighted by molar-refractivity contribution is 6.05. The number of Topliss-reactive ketones (excluding diaryl/α,β-unsaturated/α-hetero) is 1. The van der Waals surface area contributed by atoms with Gasteiger partial charge < -0.3 is 4.74 Å². The Bertz CT molecular complexity index is 767. The molecule has 0 fully saturated rings. The zero-order chi connectivity index (χ0) is 16.4. The van der Waals surface area contributed by atoms with E-state index in [1.807, 2.05) is 24.3 Å². The van der Waals surface area contributed by atoms with Crippen molar-refractivity contribution in [1.82, 2.24) is 4.98 Å². The molecule has 1 aliphatic rings. The minimum atomic E-state index is -0.726. The molecule has 0 radical (unpaired) electrons. The van der Waals surface area contributed by atoms with Crippen molar-refractivity contribution < 1.29 is 14.3 Å². The first-order chi connectivity index (χ1) is 11.1. The molecule has 2 aromatic rings. The molecule has 1 aliphatic carbocycles. The lowest BCUT2D eigenvalue weighted by molar-refractivity contribution is -0.124. The second-order valence-corrected chi connectivity index (χ2v) is 6.15. The van der Waals surface area contributed by atoms with Gasteiger partial charge in [-0.1, -0.05) is 24.6 Å². The topological polar surface area (TPSA) is 56.3 Å². The second-order valence-electron chi connectivity index (χ2n) is 6.15. The number of carbonyl (C=O) groups is 2. The molecule has 4 heteroatoms. The summed E-state index contributed by atoms with van der Waals surface area (Å²) in [4.78, 5) is 28.9. The van der Waals surface area contributed by atoms with Crippen molar-refractivity contribution in [2.75, 3.05) is 0 Å². The predicted octanol–water partition coefficient (Wildman–Crippen LogP) is 3.64. The standard InChI is InChI=1S/C19H21NO3/c1-12(21)13(2)23-19(22)18-14-8-4-3-5-10-16(14)20-17-11-7-6-9-15(17)18/h6-7,9,11,13H,3-5,8,10H2,1-2H3/t13-/m1/s1. The number of hydrogen-bond acceptors (Lipinski definition) is 4. The number of ketones is 1. The van der Waals surface area contributed by atoms with E-state index in [0.717, 1.165) is 54.3 Å². The van der Waals surface area contributed by atoms with E-state index in [9.17, 15) is 9.59 Å². The molecule has 0 saturated heterocycles. The molecule has 1 aromatic carbocycles. The Kier molecular flexibility index (Phi) is 4.42. The van der Waals surface area contributed by atoms with E-state index in [4.69, 9.17) is 9.72 Å². The first-order valence-electron chi connectivity index (χ1n) is 8.20. The van der Waals surface area contributed by atoms with Crippen LogP contribution < -0.4 is 0 Å². The highest BCUT2D eigenvalue weighted by Gasteiger charge is 2.24. The van der Waals surface area contributed by atoms with Crippen LogP contribution in [0.25, 0.3) is 10.9 Å². The normalized spacial score (nSPS) is 15.6. The van der Waals surface area contributed by atoms with E-state index < -0.39 is 12.1 Å². The molecule has 0 saturated carbocycles. The van der Waals surface area contributed by atoms with Gasteiger partial charge in [-0.05, 0) is 51.2 Å². The number of aromatic nitrogens is 1. The first-order valence-corrected chi connectivity index (χ1v) is 8.20. The Morgan fingerprint density at radius 2 is 1.87 bits per heavy atom. The Morgan fingerprint density at radius 3 is 2.65 bits per heavy atom. The summed E-state index contributed by atoms with van der Waals surface area (Å²) in [5.41, 5.74) is 3.42. The molecule has 120 valence electrons. The van der Waals surface area contributed by atoms with E-state index >= 15 is 0 Å². The molecule has 0 unspecified atom stereocenters. The molecule has 1 aromatic heterocycles. The van der Waals surface area contributed by atoms with Crippen molar-refractivity contribution in [2.45, 2.75) is 52.1 Å². The van der Waals surface area contributed by atoms with E-state index in [2.05, 4.69) is 0 Å². The van der Waals surface area contributed by atoms with Crippen molar-refractivity contribution in [2.24, 2.45) is 0 Å². The van der Waals surface area contributed by atoms with Crippen LogP contribution in [-0.4, -0.2) is 22.8 Å². The fraction of sp³-hybridized carbons (Fsp3) is 0.421. The molecular weight excluding hydrogens is 290 g/mol. The average Bonchev–Trinajstić information content (AvgIpc) is 2.77. The van der Waals surface area contributed by atoms with E-state index in [-0.39, 0.29) is 5.78 Å². The van der Waals surface area contributed by atoms with Crippen LogP contribution in [0.2, 0.25) is 0 Å². The van der Waals surface area contributed by atoms with Gasteiger partial charge >= 0.3 is 5.97 Å². The van der Waals surface area contributed by atoms with Gasteiger partial charge in [0.2, 0.25) is 0 Å². The number of hydrogen-bond donors (Lipinski definition) is 0. The number of pyridine rings is 1. The molecular formula is C19H21NO3. The third-order valence-electron chi connectivity index (χ3n) is 4.48. The smallest absolute Gasteiger partial charge is 0.339 e. The van der Waals surface area contributed by atoms with Gasteiger partial charge in [-0.25, -0.2) is 4.79 Å². The molecule has 3 rings (SSSR count). The van der Waals surface area contributed by atoms with Gasteiger partial charge in [-0.3, -0.25) is 9.78 Å². The van der Waals surface area contributed by atoms with Gasteiger partial charge in [0, 0.05) is 11.1 Å². The molecule has 0 amide bonds. The third kappa shape index (κ3) is 3.11. The van der Waals surface area contributed by atoms with Crippen LogP contribution in [0.3, 0.4) is 0 Å². The van der Waals surface area contributed by atoms with Crippen LogP contribution in [-0.2, 0) is 22.4 Å². The average molecular weight is 311 g/mol. The van der Waals surface area contributed by atoms with Crippen molar-refractivity contribution in [3.05, 3.63) is 41.1 Å². The lowest BCUT2D eigenvalue weighted by Gasteiger charge is -2.16. The van der Waals surface area contributed by atoms with Crippen molar-refractivity contribution in [3.63, 3.8) is 0 Å². The molecule has 0 spiro atoms. The SMILES string of the molecule is CC(=O)[C@@H](C)OC(=O)c1c2c(nc3ccccc13)CCCCC2. The van der Waals surface area contributed by atoms with Crippen LogP contribution in [0.4, 0.5) is 0 Å². The van der Waals surface area contributed by atoms with E-state index in [0.29, 0.717) is 5.56 Å². The van der Waals surface area contributed by atoms with Crippen LogP contribution >= 0.6 is 0 Å². The molecule has 0 aliphatic heterocycles. The lowest BCUT2D eigenvalue weighted by atomic mass is 9.97. The van der Waals surface area contributed by atoms with Gasteiger partial charge in [-0.2, -0.15) is 0 Å². The molecule has 0 N–H and O–H groups in total. The summed E-state index contributed by atoms with van der Waals surface area (Å²) in [6.45, 7) is 3.05. The summed E-state index contributed by atoms with van der Waals surface area (Å²) in [6, 6.07) is 7.65. The maximum absolute atomic E-state index is 12.8. The number of nitrogens with zero attached hydrogens (tertiary/aromatic N) is 1. The summed E-state index contributed by atoms with van der Waals surface area (Å²) in [6.07, 6.45) is 4.29. The van der Waals surface area contributed by atoms with Gasteiger partial charge in [0.05, 0.1) is 11.1 Å². The number of fused-ring (bicyclic) bond motifs is 2. The lowest BCUT2D eigenvalue weighted by Crippen LogP contribution is -2.23. The second kappa shape index (κ2) is 6.49. The highest BCUT2D eigenvalue weighted by Crippen LogP contribution is 2.29. The maximum atomic E-state index is 12.8. The van der Waals surface area contributed by atoms with Crippen LogP contribution in [0, 0.1) is 0 Å². The number of rotatable bonds is 3. The van der Waals surface area contributed by atoms with Gasteiger partial charge in [0.1, 0.15) is 0 Å². The third-order valence-corrected chi connectivity index (χ3v) is 4.48. The largest absolute Gasteiger partial charge is 0.451 e. The van der Waals surface area contributed by atoms with Crippen molar-refractivity contribution >= 4 is 22.7 Å². The fourth-order valence-electron chi connectivity index (χ4n) is 3.08. The zero-order valence-corrected chi connectivity index (χ0v) is 13.6. The summed E-state index contributed by atoms with van der Waals surface area (Å²) >= 11 is 0. The van der Waals surface area contributed by atoms with Crippen LogP contribution in [0.5, 0.6) is 0 Å². The van der Waals surface area contributed by atoms with Crippen molar-refractivity contribution in [3.8, 4) is 0 Å². The number of carbonyl (C=O) groups excluding carboxylic acids is 2. The first kappa shape index (κ1) is 15.7. The number of benzene rings is 1. The Labute approximate surface area is 135 Å². The summed E-state index contributed by atoms with van der Waals surface area (Å²) in [5.74, 6) is -0.563. The fourth-order valence-corrected chi connectivity index (χ4v) is 3.08. The van der Waals surface area contributed by atoms with Gasteiger partial charge in [-0.15, -0.1) is 0 Å². The Hall–Kier alpha value is -2.23. The van der Waals surface area contributed by atoms with Crippen LogP contribution in [0.1, 0.15) is 54.7 Å². The molecule has 1 heterocycles. The monoisotopic (exact) mass is 311 g/mol. The Morgan fingerprint density at radius 1 is 1.13 bits per heavy atom. The molecule has 0 bridgehead atoms. The number of aryl methyl sites for hydroxylation is 1. The van der Waals surface area contributed by atoms with E-state index in [1.165, 1.54) is 6.92 Å². The summed E-state index contributed by atoms with van der Waals surface area (Å²) in [5, 5.41) is 0.814. The van der Waals surface area contributed by atoms with Gasteiger partial charge in [0.25, 0.3) is 0 Å². The molecule has 1 atom stereocenters. The minimum absolute atomic E-state index is 0.150. The number of esters is 1. The Balaban J connectivity index is 2.14. The van der Waals surface area contributed by atoms with Gasteiger partial charge in [0.15, 0.2) is 11.9 Å². The summed E-state index contributed by atoms with van der Waals surface area (Å²) in [7, 11) is 0. The predicted molar refractivity (Wildman–Crippen MR) is 88.6 cm³/mol. The highest BCUT2D eigenvalue weighted by atomic mass is 16.5. The zero-order valence-electron chi connectivity index (χ0n) is 13.6. The number of ether oxygens (including phenoxy) is 1. The summed E-state index contributed by atoms with van der Waals surface area (Å²) < 4.78 is 5.40. The quantitative estimate of drug-likeness (QED) is 0.641. The minimum Gasteiger partial charge on any atom is -0.451 e. The van der Waals surface area contributed by atoms with Crippen molar-refractivity contribution in [1.29, 1.82) is 0 Å². The van der Waals surface area contributed by atoms with Crippen LogP contribution in [0.15, 0.2) is 24.3 Å².